The van der Waals surface area contributed by atoms with Crippen LogP contribution in [0.1, 0.15) is 16.7 Å². The van der Waals surface area contributed by atoms with Crippen LogP contribution in [-0.4, -0.2) is 37.5 Å². The van der Waals surface area contributed by atoms with Crippen molar-refractivity contribution in [2.24, 2.45) is 0 Å². The smallest absolute Gasteiger partial charge is 0.378 e. The number of morpholine rings is 1. The number of halogens is 3. The minimum absolute atomic E-state index is 0.0198. The number of alkyl halides is 3. The van der Waals surface area contributed by atoms with E-state index < -0.39 is 12.8 Å². The van der Waals surface area contributed by atoms with Crippen LogP contribution >= 0.6 is 11.3 Å². The third kappa shape index (κ3) is 4.20. The predicted molar refractivity (Wildman–Crippen MR) is 59.4 cm³/mol. The molecule has 1 aromatic rings. The van der Waals surface area contributed by atoms with Crippen LogP contribution in [0.25, 0.3) is 0 Å². The van der Waals surface area contributed by atoms with E-state index in [0.717, 1.165) is 12.2 Å². The summed E-state index contributed by atoms with van der Waals surface area (Å²) in [7, 11) is 0. The van der Waals surface area contributed by atoms with Gasteiger partial charge in [-0.1, -0.05) is 0 Å². The van der Waals surface area contributed by atoms with E-state index in [1.165, 1.54) is 11.3 Å². The summed E-state index contributed by atoms with van der Waals surface area (Å²) in [6.45, 7) is 0.599. The summed E-state index contributed by atoms with van der Waals surface area (Å²) < 4.78 is 45.5. The van der Waals surface area contributed by atoms with E-state index >= 15 is 0 Å². The van der Waals surface area contributed by atoms with Crippen molar-refractivity contribution in [3.05, 3.63) is 16.1 Å². The lowest BCUT2D eigenvalue weighted by Gasteiger charge is -2.22. The molecule has 18 heavy (non-hydrogen) atoms. The number of hydrogen-bond acceptors (Lipinski definition) is 5. The third-order valence-corrected chi connectivity index (χ3v) is 3.18. The zero-order valence-electron chi connectivity index (χ0n) is 9.50. The number of hydrogen-bond donors (Lipinski definition) is 1. The van der Waals surface area contributed by atoms with Gasteiger partial charge in [-0.05, 0) is 0 Å². The van der Waals surface area contributed by atoms with Gasteiger partial charge in [-0.3, -0.25) is 0 Å². The molecule has 0 bridgehead atoms. The Morgan fingerprint density at radius 2 is 2.39 bits per heavy atom. The third-order valence-electron chi connectivity index (χ3n) is 2.34. The number of nitrogens with zero attached hydrogens (tertiary/aromatic N) is 1. The summed E-state index contributed by atoms with van der Waals surface area (Å²) >= 11 is 1.29. The lowest BCUT2D eigenvalue weighted by atomic mass is 10.2. The van der Waals surface area contributed by atoms with Crippen molar-refractivity contribution < 1.29 is 22.6 Å². The second kappa shape index (κ2) is 5.96. The molecule has 0 aliphatic carbocycles. The summed E-state index contributed by atoms with van der Waals surface area (Å²) in [5, 5.41) is 5.59. The van der Waals surface area contributed by atoms with E-state index in [0.29, 0.717) is 18.2 Å². The topological polar surface area (TPSA) is 43.4 Å². The largest absolute Gasteiger partial charge is 0.411 e. The van der Waals surface area contributed by atoms with Gasteiger partial charge >= 0.3 is 6.18 Å². The molecule has 1 fully saturated rings. The molecule has 1 atom stereocenters. The summed E-state index contributed by atoms with van der Waals surface area (Å²) in [4.78, 5) is 4.24. The lowest BCUT2D eigenvalue weighted by molar-refractivity contribution is -0.176. The normalized spacial score (nSPS) is 21.2. The zero-order chi connectivity index (χ0) is 13.0. The molecule has 1 aliphatic heterocycles. The summed E-state index contributed by atoms with van der Waals surface area (Å²) in [5.74, 6) is 0. The molecule has 102 valence electrons. The first kappa shape index (κ1) is 13.7. The number of aromatic nitrogens is 1. The number of nitrogens with one attached hydrogen (secondary N) is 1. The van der Waals surface area contributed by atoms with Crippen molar-refractivity contribution in [1.29, 1.82) is 0 Å². The molecule has 1 aromatic heterocycles. The fraction of sp³-hybridized carbons (Fsp3) is 0.700. The Balaban J connectivity index is 1.82. The van der Waals surface area contributed by atoms with Crippen LogP contribution in [-0.2, 0) is 16.1 Å². The Bertz CT molecular complexity index is 377. The molecule has 0 radical (unpaired) electrons. The van der Waals surface area contributed by atoms with Crippen LogP contribution in [0.15, 0.2) is 5.38 Å². The molecule has 4 nitrogen and oxygen atoms in total. The minimum Gasteiger partial charge on any atom is -0.378 e. The van der Waals surface area contributed by atoms with Crippen LogP contribution in [0.3, 0.4) is 0 Å². The van der Waals surface area contributed by atoms with Gasteiger partial charge in [-0.25, -0.2) is 4.98 Å². The summed E-state index contributed by atoms with van der Waals surface area (Å²) in [5.41, 5.74) is 0.797. The zero-order valence-corrected chi connectivity index (χ0v) is 10.3. The van der Waals surface area contributed by atoms with Crippen molar-refractivity contribution in [2.75, 3.05) is 26.4 Å². The van der Waals surface area contributed by atoms with Crippen LogP contribution in [0.5, 0.6) is 0 Å². The molecule has 0 spiro atoms. The van der Waals surface area contributed by atoms with Crippen molar-refractivity contribution in [3.8, 4) is 0 Å². The molecular weight excluding hydrogens is 269 g/mol. The molecular formula is C10H13F3N2O2S. The maximum atomic E-state index is 11.9. The van der Waals surface area contributed by atoms with E-state index in [9.17, 15) is 13.2 Å². The Morgan fingerprint density at radius 3 is 3.06 bits per heavy atom. The van der Waals surface area contributed by atoms with Gasteiger partial charge in [-0.15, -0.1) is 11.3 Å². The Hall–Kier alpha value is -0.700. The van der Waals surface area contributed by atoms with Crippen molar-refractivity contribution in [2.45, 2.75) is 18.8 Å². The van der Waals surface area contributed by atoms with Crippen LogP contribution in [0.2, 0.25) is 0 Å². The first-order chi connectivity index (χ1) is 8.54. The molecule has 0 aromatic carbocycles. The fourth-order valence-electron chi connectivity index (χ4n) is 1.56. The first-order valence-electron chi connectivity index (χ1n) is 5.44. The van der Waals surface area contributed by atoms with E-state index in [2.05, 4.69) is 15.0 Å². The molecule has 0 amide bonds. The minimum atomic E-state index is -4.29. The van der Waals surface area contributed by atoms with Gasteiger partial charge in [0.2, 0.25) is 0 Å². The van der Waals surface area contributed by atoms with Crippen molar-refractivity contribution in [1.82, 2.24) is 10.3 Å². The molecule has 1 unspecified atom stereocenters. The lowest BCUT2D eigenvalue weighted by Crippen LogP contribution is -2.34. The van der Waals surface area contributed by atoms with Gasteiger partial charge in [0.15, 0.2) is 0 Å². The number of ether oxygens (including phenoxy) is 2. The molecule has 2 heterocycles. The standard InChI is InChI=1S/C10H13F3N2O2S/c11-10(12,13)6-17-4-9-15-8(5-18-9)7-3-16-2-1-14-7/h5,7,14H,1-4,6H2. The Morgan fingerprint density at radius 1 is 1.56 bits per heavy atom. The van der Waals surface area contributed by atoms with E-state index in [1.54, 1.807) is 0 Å². The maximum Gasteiger partial charge on any atom is 0.411 e. The van der Waals surface area contributed by atoms with Gasteiger partial charge < -0.3 is 14.8 Å². The summed E-state index contributed by atoms with van der Waals surface area (Å²) in [6.07, 6.45) is -4.29. The van der Waals surface area contributed by atoms with Gasteiger partial charge in [0.1, 0.15) is 11.6 Å². The molecule has 2 rings (SSSR count). The molecule has 0 saturated carbocycles. The molecule has 1 saturated heterocycles. The van der Waals surface area contributed by atoms with Crippen LogP contribution in [0.4, 0.5) is 13.2 Å². The SMILES string of the molecule is FC(F)(F)COCc1nc(C2COCCN2)cs1. The van der Waals surface area contributed by atoms with E-state index in [-0.39, 0.29) is 12.6 Å². The second-order valence-electron chi connectivity index (χ2n) is 3.86. The van der Waals surface area contributed by atoms with Gasteiger partial charge in [0.25, 0.3) is 0 Å². The highest BCUT2D eigenvalue weighted by atomic mass is 32.1. The molecule has 1 aliphatic rings. The van der Waals surface area contributed by atoms with Gasteiger partial charge in [-0.2, -0.15) is 13.2 Å². The fourth-order valence-corrected chi connectivity index (χ4v) is 2.34. The maximum absolute atomic E-state index is 11.9. The van der Waals surface area contributed by atoms with E-state index in [4.69, 9.17) is 4.74 Å². The highest BCUT2D eigenvalue weighted by molar-refractivity contribution is 7.09. The Kier molecular flexibility index (Phi) is 4.55. The highest BCUT2D eigenvalue weighted by Gasteiger charge is 2.27. The quantitative estimate of drug-likeness (QED) is 0.915. The van der Waals surface area contributed by atoms with Gasteiger partial charge in [0, 0.05) is 11.9 Å². The van der Waals surface area contributed by atoms with Crippen molar-refractivity contribution in [3.63, 3.8) is 0 Å². The van der Waals surface area contributed by atoms with Gasteiger partial charge in [0.05, 0.1) is 31.6 Å². The monoisotopic (exact) mass is 282 g/mol. The van der Waals surface area contributed by atoms with Crippen LogP contribution < -0.4 is 5.32 Å². The molecule has 8 heteroatoms. The molecule has 1 N–H and O–H groups in total. The van der Waals surface area contributed by atoms with Crippen LogP contribution in [0, 0.1) is 0 Å². The number of thiazole rings is 1. The predicted octanol–water partition coefficient (Wildman–Crippen LogP) is 1.88. The number of rotatable bonds is 4. The van der Waals surface area contributed by atoms with Crippen molar-refractivity contribution >= 4 is 11.3 Å². The second-order valence-corrected chi connectivity index (χ2v) is 4.80. The highest BCUT2D eigenvalue weighted by Crippen LogP contribution is 2.20. The van der Waals surface area contributed by atoms with E-state index in [1.807, 2.05) is 5.38 Å². The first-order valence-corrected chi connectivity index (χ1v) is 6.32. The average molecular weight is 282 g/mol. The summed E-state index contributed by atoms with van der Waals surface area (Å²) in [6, 6.07) is 0.0198. The average Bonchev–Trinajstić information content (AvgIpc) is 2.77. The Labute approximate surface area is 106 Å².